The number of nitrogens with one attached hydrogen (secondary N) is 1. The summed E-state index contributed by atoms with van der Waals surface area (Å²) >= 11 is 0.706. The molecule has 0 aliphatic rings. The maximum Gasteiger partial charge on any atom is 0.268 e. The third-order valence-electron chi connectivity index (χ3n) is 4.52. The summed E-state index contributed by atoms with van der Waals surface area (Å²) in [4.78, 5) is 12.5. The van der Waals surface area contributed by atoms with E-state index in [1.165, 1.54) is 25.1 Å². The number of nitriles is 1. The molecular formula is C23H21FN4O5S2. The van der Waals surface area contributed by atoms with Crippen LogP contribution in [-0.2, 0) is 21.2 Å². The van der Waals surface area contributed by atoms with Crippen molar-refractivity contribution >= 4 is 38.3 Å². The van der Waals surface area contributed by atoms with Crippen LogP contribution in [0.2, 0.25) is 0 Å². The molecule has 1 amide bonds. The van der Waals surface area contributed by atoms with Gasteiger partial charge in [-0.2, -0.15) is 5.26 Å². The van der Waals surface area contributed by atoms with Gasteiger partial charge in [-0.15, -0.1) is 10.2 Å². The third kappa shape index (κ3) is 6.84. The molecule has 9 nitrogen and oxygen atoms in total. The van der Waals surface area contributed by atoms with E-state index in [0.29, 0.717) is 35.0 Å². The second-order valence-electron chi connectivity index (χ2n) is 6.95. The lowest BCUT2D eigenvalue weighted by Crippen LogP contribution is -2.13. The minimum atomic E-state index is -3.55. The predicted molar refractivity (Wildman–Crippen MR) is 128 cm³/mol. The Hall–Kier alpha value is -3.82. The fourth-order valence-corrected chi connectivity index (χ4v) is 4.72. The normalized spacial score (nSPS) is 11.5. The van der Waals surface area contributed by atoms with Crippen molar-refractivity contribution in [2.45, 2.75) is 24.8 Å². The third-order valence-corrected chi connectivity index (χ3v) is 7.54. The average molecular weight is 517 g/mol. The van der Waals surface area contributed by atoms with E-state index in [1.807, 2.05) is 6.07 Å². The van der Waals surface area contributed by atoms with Crippen molar-refractivity contribution in [3.63, 3.8) is 0 Å². The molecule has 0 bridgehead atoms. The standard InChI is InChI=1S/C23H21FN4O5S2/c1-3-32-20-12-16(7-10-19(20)33-14-15-5-8-18(24)9-6-15)11-17(13-25)21(29)26-22-27-28-23(34-22)35(30,31)4-2/h5-12H,3-4,14H2,1-2H3,(H,26,27,29)/b17-11-. The largest absolute Gasteiger partial charge is 0.490 e. The summed E-state index contributed by atoms with van der Waals surface area (Å²) in [5.41, 5.74) is 1.04. The maximum atomic E-state index is 13.1. The van der Waals surface area contributed by atoms with Crippen LogP contribution >= 0.6 is 11.3 Å². The minimum Gasteiger partial charge on any atom is -0.490 e. The molecule has 35 heavy (non-hydrogen) atoms. The molecule has 2 aromatic carbocycles. The highest BCUT2D eigenvalue weighted by Gasteiger charge is 2.20. The predicted octanol–water partition coefficient (Wildman–Crippen LogP) is 3.99. The summed E-state index contributed by atoms with van der Waals surface area (Å²) in [5, 5.41) is 19.1. The van der Waals surface area contributed by atoms with Gasteiger partial charge in [0.2, 0.25) is 19.3 Å². The number of carbonyl (C=O) groups excluding carboxylic acids is 1. The number of hydrogen-bond donors (Lipinski definition) is 1. The Morgan fingerprint density at radius 1 is 1.14 bits per heavy atom. The van der Waals surface area contributed by atoms with Crippen LogP contribution in [0.5, 0.6) is 11.5 Å². The molecule has 0 aliphatic carbocycles. The van der Waals surface area contributed by atoms with Gasteiger partial charge >= 0.3 is 0 Å². The summed E-state index contributed by atoms with van der Waals surface area (Å²) in [6, 6.07) is 12.6. The van der Waals surface area contributed by atoms with Gasteiger partial charge in [0.1, 0.15) is 24.1 Å². The van der Waals surface area contributed by atoms with E-state index < -0.39 is 15.7 Å². The molecule has 1 N–H and O–H groups in total. The number of nitrogens with zero attached hydrogens (tertiary/aromatic N) is 3. The number of benzene rings is 2. The van der Waals surface area contributed by atoms with Crippen LogP contribution in [0.15, 0.2) is 52.4 Å². The SMILES string of the molecule is CCOc1cc(/C=C(/C#N)C(=O)Nc2nnc(S(=O)(=O)CC)s2)ccc1OCc1ccc(F)cc1. The van der Waals surface area contributed by atoms with Gasteiger partial charge in [-0.25, -0.2) is 12.8 Å². The highest BCUT2D eigenvalue weighted by molar-refractivity contribution is 7.93. The van der Waals surface area contributed by atoms with E-state index in [4.69, 9.17) is 9.47 Å². The van der Waals surface area contributed by atoms with Crippen molar-refractivity contribution in [3.8, 4) is 17.6 Å². The number of hydrogen-bond acceptors (Lipinski definition) is 9. The first kappa shape index (κ1) is 25.8. The summed E-state index contributed by atoms with van der Waals surface area (Å²) in [5.74, 6) is -0.409. The van der Waals surface area contributed by atoms with Crippen molar-refractivity contribution in [3.05, 3.63) is 65.0 Å². The molecule has 0 saturated heterocycles. The van der Waals surface area contributed by atoms with Crippen molar-refractivity contribution in [1.29, 1.82) is 5.26 Å². The van der Waals surface area contributed by atoms with Gasteiger partial charge in [0.05, 0.1) is 12.4 Å². The smallest absolute Gasteiger partial charge is 0.268 e. The van der Waals surface area contributed by atoms with E-state index in [-0.39, 0.29) is 33.2 Å². The Kier molecular flexibility index (Phi) is 8.51. The Morgan fingerprint density at radius 2 is 1.89 bits per heavy atom. The number of halogens is 1. The summed E-state index contributed by atoms with van der Waals surface area (Å²) in [7, 11) is -3.55. The fourth-order valence-electron chi connectivity index (χ4n) is 2.73. The number of sulfone groups is 1. The van der Waals surface area contributed by atoms with Gasteiger partial charge in [-0.3, -0.25) is 10.1 Å². The first-order chi connectivity index (χ1) is 16.7. The van der Waals surface area contributed by atoms with E-state index in [1.54, 1.807) is 37.3 Å². The first-order valence-corrected chi connectivity index (χ1v) is 12.9. The van der Waals surface area contributed by atoms with E-state index in [0.717, 1.165) is 5.56 Å². The van der Waals surface area contributed by atoms with Gasteiger partial charge in [0, 0.05) is 0 Å². The lowest BCUT2D eigenvalue weighted by molar-refractivity contribution is -0.112. The molecule has 0 fully saturated rings. The zero-order valence-electron chi connectivity index (χ0n) is 18.8. The number of aromatic nitrogens is 2. The van der Waals surface area contributed by atoms with Crippen LogP contribution in [0.4, 0.5) is 9.52 Å². The van der Waals surface area contributed by atoms with Gasteiger partial charge in [0.15, 0.2) is 11.5 Å². The number of amides is 1. The van der Waals surface area contributed by atoms with E-state index in [9.17, 15) is 22.9 Å². The van der Waals surface area contributed by atoms with Gasteiger partial charge in [-0.1, -0.05) is 36.5 Å². The van der Waals surface area contributed by atoms with Crippen LogP contribution in [0.1, 0.15) is 25.0 Å². The molecule has 3 rings (SSSR count). The zero-order valence-corrected chi connectivity index (χ0v) is 20.5. The van der Waals surface area contributed by atoms with Crippen molar-refractivity contribution in [2.24, 2.45) is 0 Å². The number of anilines is 1. The zero-order chi connectivity index (χ0) is 25.4. The molecule has 1 aromatic heterocycles. The van der Waals surface area contributed by atoms with Crippen LogP contribution in [0, 0.1) is 17.1 Å². The second-order valence-corrected chi connectivity index (χ2v) is 10.4. The summed E-state index contributed by atoms with van der Waals surface area (Å²) < 4.78 is 48.1. The highest BCUT2D eigenvalue weighted by Crippen LogP contribution is 2.30. The molecule has 0 spiro atoms. The van der Waals surface area contributed by atoms with Crippen molar-refractivity contribution in [2.75, 3.05) is 17.7 Å². The molecule has 0 saturated carbocycles. The molecule has 182 valence electrons. The summed E-state index contributed by atoms with van der Waals surface area (Å²) in [6.45, 7) is 3.82. The summed E-state index contributed by atoms with van der Waals surface area (Å²) in [6.07, 6.45) is 1.35. The van der Waals surface area contributed by atoms with Crippen LogP contribution in [0.3, 0.4) is 0 Å². The van der Waals surface area contributed by atoms with Crippen LogP contribution < -0.4 is 14.8 Å². The topological polar surface area (TPSA) is 131 Å². The highest BCUT2D eigenvalue weighted by atomic mass is 32.2. The second kappa shape index (κ2) is 11.5. The van der Waals surface area contributed by atoms with Gasteiger partial charge < -0.3 is 9.47 Å². The average Bonchev–Trinajstić information content (AvgIpc) is 3.32. The number of ether oxygens (including phenoxy) is 2. The molecule has 0 aliphatic heterocycles. The Morgan fingerprint density at radius 3 is 2.54 bits per heavy atom. The van der Waals surface area contributed by atoms with Crippen LogP contribution in [0.25, 0.3) is 6.08 Å². The monoisotopic (exact) mass is 516 g/mol. The van der Waals surface area contributed by atoms with Crippen molar-refractivity contribution < 1.29 is 27.1 Å². The van der Waals surface area contributed by atoms with Crippen LogP contribution in [-0.4, -0.2) is 36.9 Å². The van der Waals surface area contributed by atoms with E-state index >= 15 is 0 Å². The Labute approximate surface area is 205 Å². The Bertz CT molecular complexity index is 1380. The molecule has 0 radical (unpaired) electrons. The first-order valence-electron chi connectivity index (χ1n) is 10.4. The van der Waals surface area contributed by atoms with E-state index in [2.05, 4.69) is 15.5 Å². The number of carbonyl (C=O) groups is 1. The minimum absolute atomic E-state index is 0.0391. The molecule has 0 unspecified atom stereocenters. The number of rotatable bonds is 10. The maximum absolute atomic E-state index is 13.1. The molecular weight excluding hydrogens is 495 g/mol. The molecule has 12 heteroatoms. The van der Waals surface area contributed by atoms with Gasteiger partial charge in [0.25, 0.3) is 5.91 Å². The molecule has 3 aromatic rings. The molecule has 0 atom stereocenters. The Balaban J connectivity index is 1.76. The fraction of sp³-hybridized carbons (Fsp3) is 0.217. The van der Waals surface area contributed by atoms with Gasteiger partial charge in [-0.05, 0) is 48.4 Å². The quantitative estimate of drug-likeness (QED) is 0.243. The molecule has 1 heterocycles. The lowest BCUT2D eigenvalue weighted by Gasteiger charge is -2.13. The lowest BCUT2D eigenvalue weighted by atomic mass is 10.1. The van der Waals surface area contributed by atoms with Crippen molar-refractivity contribution in [1.82, 2.24) is 10.2 Å².